The average Bonchev–Trinajstić information content (AvgIpc) is 3.37. The maximum atomic E-state index is 4.71. The van der Waals surface area contributed by atoms with E-state index in [0.717, 1.165) is 43.8 Å². The Kier molecular flexibility index (Phi) is 6.65. The van der Waals surface area contributed by atoms with Gasteiger partial charge >= 0.3 is 0 Å². The number of pyridine rings is 1. The Morgan fingerprint density at radius 3 is 2.86 bits per heavy atom. The highest BCUT2D eigenvalue weighted by molar-refractivity contribution is 5.79. The van der Waals surface area contributed by atoms with Crippen LogP contribution in [0.1, 0.15) is 32.4 Å². The lowest BCUT2D eigenvalue weighted by atomic mass is 10.3. The first-order valence-corrected chi connectivity index (χ1v) is 8.34. The molecule has 5 heteroatoms. The van der Waals surface area contributed by atoms with E-state index in [-0.39, 0.29) is 0 Å². The topological polar surface area (TPSA) is 52.6 Å². The molecule has 5 nitrogen and oxygen atoms in total. The van der Waals surface area contributed by atoms with Gasteiger partial charge in [0.05, 0.1) is 6.54 Å². The number of guanidine groups is 1. The largest absolute Gasteiger partial charge is 0.357 e. The van der Waals surface area contributed by atoms with Crippen molar-refractivity contribution < 1.29 is 0 Å². The van der Waals surface area contributed by atoms with Crippen molar-refractivity contribution in [2.45, 2.75) is 45.2 Å². The maximum Gasteiger partial charge on any atom is 0.191 e. The van der Waals surface area contributed by atoms with Gasteiger partial charge in [0.15, 0.2) is 5.96 Å². The van der Waals surface area contributed by atoms with Crippen LogP contribution < -0.4 is 10.6 Å². The Balaban J connectivity index is 1.76. The van der Waals surface area contributed by atoms with Gasteiger partial charge in [-0.15, -0.1) is 0 Å². The zero-order valence-corrected chi connectivity index (χ0v) is 14.0. The number of hydrogen-bond donors (Lipinski definition) is 2. The predicted molar refractivity (Wildman–Crippen MR) is 92.2 cm³/mol. The van der Waals surface area contributed by atoms with Crippen LogP contribution in [0.2, 0.25) is 0 Å². The summed E-state index contributed by atoms with van der Waals surface area (Å²) in [6, 6.07) is 7.29. The Morgan fingerprint density at radius 2 is 2.23 bits per heavy atom. The number of aliphatic imine (C=N–C) groups is 1. The minimum atomic E-state index is 0.485. The molecule has 0 amide bonds. The van der Waals surface area contributed by atoms with Crippen molar-refractivity contribution in [1.29, 1.82) is 0 Å². The van der Waals surface area contributed by atoms with Crippen LogP contribution in [0.15, 0.2) is 29.4 Å². The van der Waals surface area contributed by atoms with Crippen molar-refractivity contribution in [2.24, 2.45) is 4.99 Å². The van der Waals surface area contributed by atoms with Gasteiger partial charge in [-0.2, -0.15) is 0 Å². The summed E-state index contributed by atoms with van der Waals surface area (Å²) in [6.45, 7) is 6.89. The van der Waals surface area contributed by atoms with Gasteiger partial charge in [-0.3, -0.25) is 14.9 Å². The number of nitrogens with zero attached hydrogens (tertiary/aromatic N) is 3. The molecular formula is C17H29N5. The lowest BCUT2D eigenvalue weighted by Crippen LogP contribution is -2.40. The summed E-state index contributed by atoms with van der Waals surface area (Å²) in [5.74, 6) is 0.898. The molecule has 1 aromatic rings. The monoisotopic (exact) mass is 303 g/mol. The standard InChI is InChI=1S/C17H29N5/c1-4-18-17(20-12-10-15-7-5-6-11-19-15)21-13-14(2)22(3)16-8-9-16/h5-7,11,14,16H,4,8-10,12-13H2,1-3H3,(H2,18,20,21). The molecule has 0 radical (unpaired) electrons. The second kappa shape index (κ2) is 8.73. The molecule has 0 bridgehead atoms. The van der Waals surface area contributed by atoms with Crippen molar-refractivity contribution in [3.63, 3.8) is 0 Å². The van der Waals surface area contributed by atoms with E-state index < -0.39 is 0 Å². The molecule has 1 unspecified atom stereocenters. The van der Waals surface area contributed by atoms with Gasteiger partial charge in [-0.05, 0) is 45.9 Å². The third kappa shape index (κ3) is 5.64. The summed E-state index contributed by atoms with van der Waals surface area (Å²) in [4.78, 5) is 11.5. The molecule has 0 aromatic carbocycles. The van der Waals surface area contributed by atoms with E-state index in [2.05, 4.69) is 47.5 Å². The summed E-state index contributed by atoms with van der Waals surface area (Å²) in [5.41, 5.74) is 1.10. The van der Waals surface area contributed by atoms with Crippen molar-refractivity contribution in [1.82, 2.24) is 20.5 Å². The summed E-state index contributed by atoms with van der Waals surface area (Å²) in [6.07, 6.45) is 5.42. The van der Waals surface area contributed by atoms with Crippen molar-refractivity contribution in [2.75, 3.05) is 26.7 Å². The normalized spacial score (nSPS) is 16.6. The molecule has 1 aromatic heterocycles. The molecule has 1 heterocycles. The zero-order valence-electron chi connectivity index (χ0n) is 14.0. The van der Waals surface area contributed by atoms with E-state index in [1.165, 1.54) is 12.8 Å². The Morgan fingerprint density at radius 1 is 1.41 bits per heavy atom. The fraction of sp³-hybridized carbons (Fsp3) is 0.647. The molecule has 1 saturated carbocycles. The fourth-order valence-corrected chi connectivity index (χ4v) is 2.39. The Labute approximate surface area is 134 Å². The number of aromatic nitrogens is 1. The number of likely N-dealkylation sites (N-methyl/N-ethyl adjacent to an activating group) is 1. The van der Waals surface area contributed by atoms with E-state index >= 15 is 0 Å². The lowest BCUT2D eigenvalue weighted by molar-refractivity contribution is 0.253. The fourth-order valence-electron chi connectivity index (χ4n) is 2.39. The van der Waals surface area contributed by atoms with Gasteiger partial charge in [0, 0.05) is 43.5 Å². The predicted octanol–water partition coefficient (Wildman–Crippen LogP) is 1.66. The van der Waals surface area contributed by atoms with Gasteiger partial charge in [-0.25, -0.2) is 0 Å². The van der Waals surface area contributed by atoms with E-state index in [1.54, 1.807) is 0 Å². The first-order valence-electron chi connectivity index (χ1n) is 8.34. The van der Waals surface area contributed by atoms with Crippen molar-refractivity contribution >= 4 is 5.96 Å². The zero-order chi connectivity index (χ0) is 15.8. The summed E-state index contributed by atoms with van der Waals surface area (Å²) < 4.78 is 0. The first kappa shape index (κ1) is 16.7. The Hall–Kier alpha value is -1.62. The van der Waals surface area contributed by atoms with Crippen LogP contribution in [-0.2, 0) is 6.42 Å². The van der Waals surface area contributed by atoms with E-state index in [4.69, 9.17) is 4.99 Å². The molecule has 0 saturated heterocycles. The van der Waals surface area contributed by atoms with E-state index in [1.807, 2.05) is 18.3 Å². The second-order valence-corrected chi connectivity index (χ2v) is 5.96. The molecule has 1 aliphatic carbocycles. The third-order valence-corrected chi connectivity index (χ3v) is 4.08. The van der Waals surface area contributed by atoms with E-state index in [9.17, 15) is 0 Å². The SMILES string of the molecule is CCNC(=NCC(C)N(C)C1CC1)NCCc1ccccn1. The highest BCUT2D eigenvalue weighted by Gasteiger charge is 2.28. The average molecular weight is 303 g/mol. The molecule has 0 spiro atoms. The second-order valence-electron chi connectivity index (χ2n) is 5.96. The molecule has 1 aliphatic rings. The Bertz CT molecular complexity index is 455. The summed E-state index contributed by atoms with van der Waals surface area (Å²) in [7, 11) is 2.21. The number of nitrogens with one attached hydrogen (secondary N) is 2. The van der Waals surface area contributed by atoms with Gasteiger partial charge in [0.2, 0.25) is 0 Å². The van der Waals surface area contributed by atoms with Crippen LogP contribution in [0, 0.1) is 0 Å². The number of hydrogen-bond acceptors (Lipinski definition) is 3. The molecule has 0 aliphatic heterocycles. The van der Waals surface area contributed by atoms with Crippen LogP contribution in [-0.4, -0.2) is 54.6 Å². The first-order chi connectivity index (χ1) is 10.7. The van der Waals surface area contributed by atoms with Crippen LogP contribution >= 0.6 is 0 Å². The highest BCUT2D eigenvalue weighted by Crippen LogP contribution is 2.26. The van der Waals surface area contributed by atoms with Crippen LogP contribution in [0.5, 0.6) is 0 Å². The van der Waals surface area contributed by atoms with Gasteiger partial charge in [0.1, 0.15) is 0 Å². The molecule has 2 N–H and O–H groups in total. The maximum absolute atomic E-state index is 4.71. The minimum Gasteiger partial charge on any atom is -0.357 e. The number of rotatable bonds is 8. The van der Waals surface area contributed by atoms with Gasteiger partial charge < -0.3 is 10.6 Å². The molecule has 1 fully saturated rings. The van der Waals surface area contributed by atoms with Crippen molar-refractivity contribution in [3.05, 3.63) is 30.1 Å². The molecule has 122 valence electrons. The van der Waals surface area contributed by atoms with Crippen LogP contribution in [0.25, 0.3) is 0 Å². The highest BCUT2D eigenvalue weighted by atomic mass is 15.2. The quantitative estimate of drug-likeness (QED) is 0.566. The van der Waals surface area contributed by atoms with Gasteiger partial charge in [-0.1, -0.05) is 6.07 Å². The van der Waals surface area contributed by atoms with Crippen molar-refractivity contribution in [3.8, 4) is 0 Å². The van der Waals surface area contributed by atoms with E-state index in [0.29, 0.717) is 6.04 Å². The minimum absolute atomic E-state index is 0.485. The molecular weight excluding hydrogens is 274 g/mol. The van der Waals surface area contributed by atoms with Gasteiger partial charge in [0.25, 0.3) is 0 Å². The lowest BCUT2D eigenvalue weighted by Gasteiger charge is -2.23. The summed E-state index contributed by atoms with van der Waals surface area (Å²) in [5, 5.41) is 6.70. The third-order valence-electron chi connectivity index (χ3n) is 4.08. The van der Waals surface area contributed by atoms with Crippen LogP contribution in [0.3, 0.4) is 0 Å². The molecule has 2 rings (SSSR count). The molecule has 22 heavy (non-hydrogen) atoms. The molecule has 1 atom stereocenters. The van der Waals surface area contributed by atoms with Crippen LogP contribution in [0.4, 0.5) is 0 Å². The smallest absolute Gasteiger partial charge is 0.191 e. The summed E-state index contributed by atoms with van der Waals surface area (Å²) >= 11 is 0.